The third kappa shape index (κ3) is 4.01. The van der Waals surface area contributed by atoms with E-state index in [1.165, 1.54) is 6.26 Å². The minimum atomic E-state index is -0.669. The molecule has 0 aliphatic heterocycles. The summed E-state index contributed by atoms with van der Waals surface area (Å²) in [6.45, 7) is 0. The number of benzene rings is 1. The Bertz CT molecular complexity index is 1090. The Morgan fingerprint density at radius 1 is 1.03 bits per heavy atom. The maximum absolute atomic E-state index is 13.6. The first-order valence-corrected chi connectivity index (χ1v) is 9.09. The predicted octanol–water partition coefficient (Wildman–Crippen LogP) is 4.78. The van der Waals surface area contributed by atoms with E-state index in [9.17, 15) is 4.79 Å². The van der Waals surface area contributed by atoms with Crippen molar-refractivity contribution in [2.24, 2.45) is 0 Å². The molecule has 6 heteroatoms. The van der Waals surface area contributed by atoms with Crippen molar-refractivity contribution in [3.8, 4) is 17.1 Å². The number of hydrogen-bond acceptors (Lipinski definition) is 6. The van der Waals surface area contributed by atoms with Gasteiger partial charge in [-0.2, -0.15) is 0 Å². The molecule has 0 spiro atoms. The topological polar surface area (TPSA) is 77.2 Å². The minimum Gasteiger partial charge on any atom is -0.495 e. The number of nitrogens with zero attached hydrogens (tertiary/aromatic N) is 2. The summed E-state index contributed by atoms with van der Waals surface area (Å²) < 4.78 is 10.9. The fourth-order valence-electron chi connectivity index (χ4n) is 3.09. The van der Waals surface area contributed by atoms with Crippen molar-refractivity contribution in [1.29, 1.82) is 0 Å². The fraction of sp³-hybridized carbons (Fsp3) is 0.0870. The van der Waals surface area contributed by atoms with E-state index in [2.05, 4.69) is 15.3 Å². The lowest BCUT2D eigenvalue weighted by Gasteiger charge is -2.19. The van der Waals surface area contributed by atoms with Gasteiger partial charge in [-0.25, -0.2) is 0 Å². The highest BCUT2D eigenvalue weighted by Crippen LogP contribution is 2.31. The minimum absolute atomic E-state index is 0.131. The van der Waals surface area contributed by atoms with Crippen LogP contribution in [0.3, 0.4) is 0 Å². The maximum atomic E-state index is 13.6. The molecule has 0 fully saturated rings. The molecule has 0 saturated heterocycles. The first-order valence-electron chi connectivity index (χ1n) is 9.09. The van der Waals surface area contributed by atoms with Crippen molar-refractivity contribution in [3.05, 3.63) is 96.8 Å². The van der Waals surface area contributed by atoms with E-state index in [0.717, 1.165) is 11.1 Å². The van der Waals surface area contributed by atoms with Gasteiger partial charge < -0.3 is 14.5 Å². The molecule has 0 amide bonds. The maximum Gasteiger partial charge on any atom is 0.193 e. The zero-order chi connectivity index (χ0) is 20.1. The van der Waals surface area contributed by atoms with Gasteiger partial charge in [-0.1, -0.05) is 36.4 Å². The number of hydrogen-bond donors (Lipinski definition) is 1. The Kier molecular flexibility index (Phi) is 5.33. The number of furan rings is 1. The molecule has 4 rings (SSSR count). The summed E-state index contributed by atoms with van der Waals surface area (Å²) >= 11 is 0. The number of pyridine rings is 2. The van der Waals surface area contributed by atoms with Gasteiger partial charge in [-0.05, 0) is 12.1 Å². The van der Waals surface area contributed by atoms with Crippen LogP contribution in [0.4, 0.5) is 5.69 Å². The molecule has 3 aromatic heterocycles. The Hall–Kier alpha value is -3.93. The molecule has 1 atom stereocenters. The number of rotatable bonds is 7. The van der Waals surface area contributed by atoms with Crippen molar-refractivity contribution >= 4 is 11.5 Å². The second-order valence-electron chi connectivity index (χ2n) is 6.37. The van der Waals surface area contributed by atoms with E-state index in [1.807, 2.05) is 36.4 Å². The summed E-state index contributed by atoms with van der Waals surface area (Å²) in [5, 5.41) is 3.26. The fourth-order valence-corrected chi connectivity index (χ4v) is 3.09. The Morgan fingerprint density at radius 2 is 1.90 bits per heavy atom. The van der Waals surface area contributed by atoms with Crippen LogP contribution in [0.15, 0.2) is 90.1 Å². The molecule has 29 heavy (non-hydrogen) atoms. The number of ether oxygens (including phenoxy) is 1. The Labute approximate surface area is 168 Å². The first-order chi connectivity index (χ1) is 14.3. The zero-order valence-electron chi connectivity index (χ0n) is 15.8. The second-order valence-corrected chi connectivity index (χ2v) is 6.37. The number of nitrogens with one attached hydrogen (secondary N) is 1. The lowest BCUT2D eigenvalue weighted by Crippen LogP contribution is -2.21. The first kappa shape index (κ1) is 18.4. The zero-order valence-corrected chi connectivity index (χ0v) is 15.8. The molecule has 0 aliphatic rings. The van der Waals surface area contributed by atoms with Crippen LogP contribution in [-0.4, -0.2) is 22.9 Å². The van der Waals surface area contributed by atoms with Crippen LogP contribution in [-0.2, 0) is 0 Å². The largest absolute Gasteiger partial charge is 0.495 e. The van der Waals surface area contributed by atoms with Crippen molar-refractivity contribution < 1.29 is 13.9 Å². The van der Waals surface area contributed by atoms with E-state index in [0.29, 0.717) is 22.8 Å². The number of carbonyl (C=O) groups excluding carboxylic acids is 1. The van der Waals surface area contributed by atoms with E-state index >= 15 is 0 Å². The van der Waals surface area contributed by atoms with Crippen LogP contribution in [0.5, 0.6) is 5.75 Å². The second kappa shape index (κ2) is 8.39. The smallest absolute Gasteiger partial charge is 0.193 e. The Morgan fingerprint density at radius 3 is 2.66 bits per heavy atom. The number of Topliss-reactive ketones (excluding diaryl/α,β-unsaturated/α-hetero) is 1. The van der Waals surface area contributed by atoms with Gasteiger partial charge in [0.1, 0.15) is 17.6 Å². The monoisotopic (exact) mass is 385 g/mol. The predicted molar refractivity (Wildman–Crippen MR) is 110 cm³/mol. The van der Waals surface area contributed by atoms with E-state index in [4.69, 9.17) is 9.15 Å². The van der Waals surface area contributed by atoms with Crippen molar-refractivity contribution in [2.75, 3.05) is 12.4 Å². The molecule has 6 nitrogen and oxygen atoms in total. The quantitative estimate of drug-likeness (QED) is 0.461. The van der Waals surface area contributed by atoms with Crippen LogP contribution in [0.25, 0.3) is 11.3 Å². The van der Waals surface area contributed by atoms with Gasteiger partial charge in [0, 0.05) is 29.6 Å². The molecular weight excluding hydrogens is 366 g/mol. The van der Waals surface area contributed by atoms with Crippen LogP contribution in [0.2, 0.25) is 0 Å². The number of carbonyl (C=O) groups is 1. The highest BCUT2D eigenvalue weighted by molar-refractivity contribution is 6.06. The van der Waals surface area contributed by atoms with Crippen LogP contribution >= 0.6 is 0 Å². The molecule has 0 radical (unpaired) electrons. The number of methoxy groups -OCH3 is 1. The number of aromatic nitrogens is 2. The van der Waals surface area contributed by atoms with Gasteiger partial charge in [0.2, 0.25) is 0 Å². The molecule has 3 heterocycles. The average molecular weight is 385 g/mol. The van der Waals surface area contributed by atoms with Gasteiger partial charge >= 0.3 is 0 Å². The van der Waals surface area contributed by atoms with Crippen LogP contribution in [0.1, 0.15) is 22.0 Å². The van der Waals surface area contributed by atoms with Gasteiger partial charge in [0.05, 0.1) is 37.0 Å². The van der Waals surface area contributed by atoms with Gasteiger partial charge in [-0.15, -0.1) is 0 Å². The molecule has 4 aromatic rings. The molecule has 144 valence electrons. The lowest BCUT2D eigenvalue weighted by atomic mass is 9.96. The molecule has 0 aliphatic carbocycles. The molecule has 0 saturated carbocycles. The van der Waals surface area contributed by atoms with E-state index in [-0.39, 0.29) is 5.78 Å². The Balaban J connectivity index is 1.72. The molecular formula is C23H19N3O3. The average Bonchev–Trinajstić information content (AvgIpc) is 3.28. The summed E-state index contributed by atoms with van der Waals surface area (Å²) in [7, 11) is 1.57. The third-order valence-electron chi connectivity index (χ3n) is 4.51. The standard InChI is InChI=1S/C23H19N3O3/c1-28-19-12-18(14-25-15-19)26-21(17-8-5-10-24-13-17)22(27)20-9-11-29-23(20)16-6-3-2-4-7-16/h2-15,21,26H,1H3. The van der Waals surface area contributed by atoms with E-state index < -0.39 is 6.04 Å². The summed E-state index contributed by atoms with van der Waals surface area (Å²) in [5.41, 5.74) is 2.74. The molecule has 0 bridgehead atoms. The summed E-state index contributed by atoms with van der Waals surface area (Å²) in [6.07, 6.45) is 8.13. The highest BCUT2D eigenvalue weighted by atomic mass is 16.5. The normalized spacial score (nSPS) is 11.6. The van der Waals surface area contributed by atoms with E-state index in [1.54, 1.807) is 50.1 Å². The van der Waals surface area contributed by atoms with Crippen molar-refractivity contribution in [3.63, 3.8) is 0 Å². The summed E-state index contributed by atoms with van der Waals surface area (Å²) in [4.78, 5) is 21.9. The number of ketones is 1. The molecule has 1 N–H and O–H groups in total. The number of anilines is 1. The molecule has 1 aromatic carbocycles. The van der Waals surface area contributed by atoms with Gasteiger partial charge in [0.15, 0.2) is 5.78 Å². The molecule has 1 unspecified atom stereocenters. The van der Waals surface area contributed by atoms with Gasteiger partial charge in [-0.3, -0.25) is 14.8 Å². The van der Waals surface area contributed by atoms with Crippen molar-refractivity contribution in [1.82, 2.24) is 9.97 Å². The van der Waals surface area contributed by atoms with Crippen LogP contribution in [0, 0.1) is 0 Å². The SMILES string of the molecule is COc1cncc(NC(C(=O)c2ccoc2-c2ccccc2)c2cccnc2)c1. The highest BCUT2D eigenvalue weighted by Gasteiger charge is 2.26. The third-order valence-corrected chi connectivity index (χ3v) is 4.51. The summed E-state index contributed by atoms with van der Waals surface area (Å²) in [6, 6.07) is 16.0. The lowest BCUT2D eigenvalue weighted by molar-refractivity contribution is 0.0969. The van der Waals surface area contributed by atoms with Gasteiger partial charge in [0.25, 0.3) is 0 Å². The summed E-state index contributed by atoms with van der Waals surface area (Å²) in [5.74, 6) is 1.00. The van der Waals surface area contributed by atoms with Crippen molar-refractivity contribution in [2.45, 2.75) is 6.04 Å². The van der Waals surface area contributed by atoms with Crippen LogP contribution < -0.4 is 10.1 Å².